The summed E-state index contributed by atoms with van der Waals surface area (Å²) < 4.78 is 2.23. The highest BCUT2D eigenvalue weighted by atomic mass is 35.5. The van der Waals surface area contributed by atoms with E-state index >= 15 is 0 Å². The Morgan fingerprint density at radius 1 is 1.30 bits per heavy atom. The van der Waals surface area contributed by atoms with E-state index in [1.165, 1.54) is 14.3 Å². The molecule has 2 aromatic heterocycles. The Kier molecular flexibility index (Phi) is 1.48. The van der Waals surface area contributed by atoms with Gasteiger partial charge in [0.15, 0.2) is 0 Å². The summed E-state index contributed by atoms with van der Waals surface area (Å²) >= 11 is 9.27. The largest absolute Gasteiger partial charge is 0.130 e. The third kappa shape index (κ3) is 0.965. The van der Waals surface area contributed by atoms with Crippen molar-refractivity contribution in [2.75, 3.05) is 0 Å². The summed E-state index contributed by atoms with van der Waals surface area (Å²) in [6.45, 7) is 2.12. The molecule has 2 heterocycles. The van der Waals surface area contributed by atoms with Gasteiger partial charge in [0.2, 0.25) is 0 Å². The van der Waals surface area contributed by atoms with Crippen LogP contribution in [0.3, 0.4) is 0 Å². The van der Waals surface area contributed by atoms with Crippen molar-refractivity contribution in [2.45, 2.75) is 6.92 Å². The van der Waals surface area contributed by atoms with Gasteiger partial charge in [-0.2, -0.15) is 0 Å². The quantitative estimate of drug-likeness (QED) is 0.588. The van der Waals surface area contributed by atoms with Crippen molar-refractivity contribution in [3.05, 3.63) is 21.3 Å². The Bertz CT molecular complexity index is 295. The molecule has 0 aromatic carbocycles. The van der Waals surface area contributed by atoms with Gasteiger partial charge in [0.05, 0.1) is 8.35 Å². The van der Waals surface area contributed by atoms with E-state index in [4.69, 9.17) is 11.6 Å². The molecule has 0 spiro atoms. The van der Waals surface area contributed by atoms with Crippen molar-refractivity contribution >= 4 is 43.7 Å². The lowest BCUT2D eigenvalue weighted by atomic mass is 10.4. The zero-order chi connectivity index (χ0) is 7.14. The second kappa shape index (κ2) is 2.22. The highest BCUT2D eigenvalue weighted by Crippen LogP contribution is 2.35. The molecule has 0 saturated heterocycles. The third-order valence-corrected chi connectivity index (χ3v) is 3.74. The first-order valence-electron chi connectivity index (χ1n) is 2.91. The van der Waals surface area contributed by atoms with Gasteiger partial charge in [-0.05, 0) is 19.1 Å². The van der Waals surface area contributed by atoms with E-state index < -0.39 is 0 Å². The van der Waals surface area contributed by atoms with E-state index in [2.05, 4.69) is 13.0 Å². The minimum Gasteiger partial charge on any atom is -0.130 e. The lowest BCUT2D eigenvalue weighted by molar-refractivity contribution is 1.66. The van der Waals surface area contributed by atoms with Crippen LogP contribution in [0.25, 0.3) is 9.40 Å². The summed E-state index contributed by atoms with van der Waals surface area (Å²) in [6, 6.07) is 4.19. The molecule has 0 fully saturated rings. The molecule has 0 aliphatic heterocycles. The average Bonchev–Trinajstić information content (AvgIpc) is 2.21. The second-order valence-electron chi connectivity index (χ2n) is 2.15. The van der Waals surface area contributed by atoms with E-state index in [1.54, 1.807) is 11.3 Å². The summed E-state index contributed by atoms with van der Waals surface area (Å²) in [6.07, 6.45) is 0. The van der Waals surface area contributed by atoms with Crippen LogP contribution in [0.4, 0.5) is 0 Å². The van der Waals surface area contributed by atoms with Gasteiger partial charge in [-0.15, -0.1) is 22.7 Å². The third-order valence-electron chi connectivity index (χ3n) is 1.31. The summed E-state index contributed by atoms with van der Waals surface area (Å²) in [7, 11) is 0. The topological polar surface area (TPSA) is 0 Å². The van der Waals surface area contributed by atoms with Crippen molar-refractivity contribution < 1.29 is 0 Å². The summed E-state index contributed by atoms with van der Waals surface area (Å²) in [4.78, 5) is 1.36. The van der Waals surface area contributed by atoms with Gasteiger partial charge in [-0.1, -0.05) is 11.6 Å². The molecule has 0 saturated carbocycles. The Balaban J connectivity index is 2.83. The number of hydrogen-bond acceptors (Lipinski definition) is 2. The molecule has 52 valence electrons. The Labute approximate surface area is 72.1 Å². The highest BCUT2D eigenvalue weighted by Gasteiger charge is 2.01. The fourth-order valence-electron chi connectivity index (χ4n) is 0.933. The van der Waals surface area contributed by atoms with Crippen molar-refractivity contribution in [1.82, 2.24) is 0 Å². The van der Waals surface area contributed by atoms with Crippen molar-refractivity contribution in [2.24, 2.45) is 0 Å². The number of rotatable bonds is 0. The van der Waals surface area contributed by atoms with Gasteiger partial charge in [0.25, 0.3) is 0 Å². The fraction of sp³-hybridized carbons (Fsp3) is 0.143. The Morgan fingerprint density at radius 3 is 2.80 bits per heavy atom. The molecule has 0 N–H and O–H groups in total. The van der Waals surface area contributed by atoms with Gasteiger partial charge in [-0.25, -0.2) is 0 Å². The van der Waals surface area contributed by atoms with E-state index in [-0.39, 0.29) is 0 Å². The number of hydrogen-bond donors (Lipinski definition) is 0. The van der Waals surface area contributed by atoms with Crippen molar-refractivity contribution in [3.8, 4) is 0 Å². The first-order valence-corrected chi connectivity index (χ1v) is 4.92. The molecule has 0 aliphatic carbocycles. The lowest BCUT2D eigenvalue weighted by Gasteiger charge is -1.73. The number of halogens is 1. The zero-order valence-electron chi connectivity index (χ0n) is 5.35. The fourth-order valence-corrected chi connectivity index (χ4v) is 3.56. The van der Waals surface area contributed by atoms with Crippen LogP contribution < -0.4 is 0 Å². The predicted octanol–water partition coefficient (Wildman–Crippen LogP) is 3.92. The Morgan fingerprint density at radius 2 is 2.10 bits per heavy atom. The van der Waals surface area contributed by atoms with Gasteiger partial charge in [0.1, 0.15) is 0 Å². The molecule has 2 rings (SSSR count). The number of aryl methyl sites for hydroxylation is 1. The van der Waals surface area contributed by atoms with Crippen LogP contribution in [0.15, 0.2) is 12.1 Å². The lowest BCUT2D eigenvalue weighted by Crippen LogP contribution is -1.48. The maximum atomic E-state index is 5.80. The van der Waals surface area contributed by atoms with E-state index in [0.717, 1.165) is 4.34 Å². The van der Waals surface area contributed by atoms with Crippen LogP contribution in [0.2, 0.25) is 4.34 Å². The molecular formula is C7H5ClS2. The zero-order valence-corrected chi connectivity index (χ0v) is 7.74. The van der Waals surface area contributed by atoms with Crippen LogP contribution in [0, 0.1) is 6.92 Å². The smallest absolute Gasteiger partial charge is 0.0949 e. The molecule has 0 bridgehead atoms. The SMILES string of the molecule is Cc1cc2cc(Cl)sc2s1. The van der Waals surface area contributed by atoms with Gasteiger partial charge < -0.3 is 0 Å². The normalized spacial score (nSPS) is 11.0. The Hall–Kier alpha value is -0.0500. The number of thiophene rings is 2. The molecule has 2 aromatic rings. The first kappa shape index (κ1) is 6.65. The molecule has 0 unspecified atom stereocenters. The van der Waals surface area contributed by atoms with Gasteiger partial charge in [-0.3, -0.25) is 0 Å². The molecular weight excluding hydrogens is 184 g/mol. The minimum absolute atomic E-state index is 0.890. The summed E-state index contributed by atoms with van der Waals surface area (Å²) in [5.41, 5.74) is 0. The minimum atomic E-state index is 0.890. The second-order valence-corrected chi connectivity index (χ2v) is 5.35. The standard InChI is InChI=1S/C7H5ClS2/c1-4-2-5-3-6(8)10-7(5)9-4/h2-3H,1H3. The molecule has 0 aliphatic rings. The van der Waals surface area contributed by atoms with Crippen molar-refractivity contribution in [1.29, 1.82) is 0 Å². The molecule has 0 nitrogen and oxygen atoms in total. The van der Waals surface area contributed by atoms with E-state index in [1.807, 2.05) is 17.4 Å². The summed E-state index contributed by atoms with van der Waals surface area (Å²) in [5, 5.41) is 1.29. The monoisotopic (exact) mass is 188 g/mol. The molecule has 3 heteroatoms. The van der Waals surface area contributed by atoms with E-state index in [0.29, 0.717) is 0 Å². The molecule has 0 atom stereocenters. The highest BCUT2D eigenvalue weighted by molar-refractivity contribution is 7.39. The molecule has 0 amide bonds. The maximum Gasteiger partial charge on any atom is 0.0949 e. The number of fused-ring (bicyclic) bond motifs is 1. The average molecular weight is 189 g/mol. The maximum absolute atomic E-state index is 5.80. The van der Waals surface area contributed by atoms with Crippen LogP contribution >= 0.6 is 34.3 Å². The molecule has 0 radical (unpaired) electrons. The van der Waals surface area contributed by atoms with Crippen molar-refractivity contribution in [3.63, 3.8) is 0 Å². The van der Waals surface area contributed by atoms with Crippen LogP contribution in [-0.4, -0.2) is 0 Å². The van der Waals surface area contributed by atoms with Gasteiger partial charge >= 0.3 is 0 Å². The first-order chi connectivity index (χ1) is 4.75. The van der Waals surface area contributed by atoms with Crippen LogP contribution in [0.1, 0.15) is 4.88 Å². The van der Waals surface area contributed by atoms with Crippen LogP contribution in [-0.2, 0) is 0 Å². The molecule has 10 heavy (non-hydrogen) atoms. The van der Waals surface area contributed by atoms with Gasteiger partial charge in [0, 0.05) is 10.3 Å². The van der Waals surface area contributed by atoms with E-state index in [9.17, 15) is 0 Å². The van der Waals surface area contributed by atoms with Crippen LogP contribution in [0.5, 0.6) is 0 Å². The predicted molar refractivity (Wildman–Crippen MR) is 49.4 cm³/mol. The summed E-state index contributed by atoms with van der Waals surface area (Å²) in [5.74, 6) is 0.